The fourth-order valence-electron chi connectivity index (χ4n) is 2.66. The first kappa shape index (κ1) is 15.6. The number of hydrogen-bond acceptors (Lipinski definition) is 3. The lowest BCUT2D eigenvalue weighted by molar-refractivity contribution is 0.255. The SMILES string of the molecule is CN=C(NC)NCCCN1CCN(c2ccccc2)CC1. The van der Waals surface area contributed by atoms with Crippen LogP contribution in [-0.2, 0) is 0 Å². The van der Waals surface area contributed by atoms with Crippen molar-refractivity contribution in [3.8, 4) is 0 Å². The van der Waals surface area contributed by atoms with Gasteiger partial charge in [-0.25, -0.2) is 0 Å². The smallest absolute Gasteiger partial charge is 0.190 e. The zero-order valence-electron chi connectivity index (χ0n) is 13.2. The van der Waals surface area contributed by atoms with Gasteiger partial charge in [-0.3, -0.25) is 9.89 Å². The predicted octanol–water partition coefficient (Wildman–Crippen LogP) is 0.994. The van der Waals surface area contributed by atoms with E-state index >= 15 is 0 Å². The van der Waals surface area contributed by atoms with Crippen molar-refractivity contribution in [1.29, 1.82) is 0 Å². The van der Waals surface area contributed by atoms with Crippen molar-refractivity contribution in [1.82, 2.24) is 15.5 Å². The molecule has 1 aliphatic heterocycles. The van der Waals surface area contributed by atoms with Gasteiger partial charge in [-0.2, -0.15) is 0 Å². The van der Waals surface area contributed by atoms with Gasteiger partial charge in [-0.1, -0.05) is 18.2 Å². The van der Waals surface area contributed by atoms with Crippen LogP contribution >= 0.6 is 0 Å². The number of rotatable bonds is 5. The van der Waals surface area contributed by atoms with Crippen LogP contribution in [0.2, 0.25) is 0 Å². The molecule has 1 saturated heterocycles. The minimum Gasteiger partial charge on any atom is -0.369 e. The maximum atomic E-state index is 4.11. The van der Waals surface area contributed by atoms with Crippen molar-refractivity contribution in [3.05, 3.63) is 30.3 Å². The lowest BCUT2D eigenvalue weighted by atomic mass is 10.2. The standard InChI is InChI=1S/C16H27N5/c1-17-16(18-2)19-9-6-10-20-11-13-21(14-12-20)15-7-4-3-5-8-15/h3-5,7-8H,6,9-14H2,1-2H3,(H2,17,18,19). The highest BCUT2D eigenvalue weighted by Gasteiger charge is 2.16. The maximum absolute atomic E-state index is 4.11. The Morgan fingerprint density at radius 2 is 1.86 bits per heavy atom. The second kappa shape index (κ2) is 8.52. The van der Waals surface area contributed by atoms with Crippen LogP contribution in [0.3, 0.4) is 0 Å². The molecule has 0 aliphatic carbocycles. The summed E-state index contributed by atoms with van der Waals surface area (Å²) in [6.45, 7) is 6.65. The van der Waals surface area contributed by atoms with Crippen molar-refractivity contribution in [2.75, 3.05) is 58.3 Å². The summed E-state index contributed by atoms with van der Waals surface area (Å²) in [7, 11) is 3.68. The molecule has 5 heteroatoms. The molecular formula is C16H27N5. The minimum atomic E-state index is 0.865. The summed E-state index contributed by atoms with van der Waals surface area (Å²) in [6, 6.07) is 10.7. The van der Waals surface area contributed by atoms with Gasteiger partial charge in [0.15, 0.2) is 5.96 Å². The Morgan fingerprint density at radius 1 is 1.14 bits per heavy atom. The summed E-state index contributed by atoms with van der Waals surface area (Å²) in [5.41, 5.74) is 1.34. The van der Waals surface area contributed by atoms with Gasteiger partial charge >= 0.3 is 0 Å². The largest absolute Gasteiger partial charge is 0.369 e. The molecule has 2 N–H and O–H groups in total. The van der Waals surface area contributed by atoms with Gasteiger partial charge < -0.3 is 15.5 Å². The molecule has 116 valence electrons. The highest BCUT2D eigenvalue weighted by atomic mass is 15.3. The zero-order chi connectivity index (χ0) is 14.9. The number of piperazine rings is 1. The molecule has 0 spiro atoms. The van der Waals surface area contributed by atoms with Crippen molar-refractivity contribution in [2.24, 2.45) is 4.99 Å². The Labute approximate surface area is 128 Å². The minimum absolute atomic E-state index is 0.865. The average Bonchev–Trinajstić information content (AvgIpc) is 2.56. The number of nitrogens with one attached hydrogen (secondary N) is 2. The highest BCUT2D eigenvalue weighted by Crippen LogP contribution is 2.15. The van der Waals surface area contributed by atoms with E-state index in [0.717, 1.165) is 51.6 Å². The molecule has 1 fully saturated rings. The van der Waals surface area contributed by atoms with Crippen molar-refractivity contribution in [2.45, 2.75) is 6.42 Å². The van der Waals surface area contributed by atoms with Gasteiger partial charge in [0, 0.05) is 52.5 Å². The van der Waals surface area contributed by atoms with E-state index in [-0.39, 0.29) is 0 Å². The third-order valence-corrected chi connectivity index (χ3v) is 3.90. The Hall–Kier alpha value is -1.75. The van der Waals surface area contributed by atoms with E-state index in [0.29, 0.717) is 0 Å². The fourth-order valence-corrected chi connectivity index (χ4v) is 2.66. The third-order valence-electron chi connectivity index (χ3n) is 3.90. The molecule has 1 aromatic rings. The maximum Gasteiger partial charge on any atom is 0.190 e. The van der Waals surface area contributed by atoms with E-state index in [2.05, 4.69) is 55.8 Å². The molecule has 0 unspecified atom stereocenters. The first-order valence-corrected chi connectivity index (χ1v) is 7.74. The van der Waals surface area contributed by atoms with Crippen molar-refractivity contribution >= 4 is 11.6 Å². The van der Waals surface area contributed by atoms with Gasteiger partial charge in [0.25, 0.3) is 0 Å². The Morgan fingerprint density at radius 3 is 2.48 bits per heavy atom. The second-order valence-electron chi connectivity index (χ2n) is 5.27. The first-order valence-electron chi connectivity index (χ1n) is 7.74. The molecular weight excluding hydrogens is 262 g/mol. The number of aliphatic imine (C=N–C) groups is 1. The highest BCUT2D eigenvalue weighted by molar-refractivity contribution is 5.79. The number of benzene rings is 1. The quantitative estimate of drug-likeness (QED) is 0.482. The molecule has 1 heterocycles. The number of para-hydroxylation sites is 1. The number of guanidine groups is 1. The summed E-state index contributed by atoms with van der Waals surface area (Å²) in [5, 5.41) is 6.33. The molecule has 0 atom stereocenters. The number of nitrogens with zero attached hydrogens (tertiary/aromatic N) is 3. The molecule has 0 radical (unpaired) electrons. The van der Waals surface area contributed by atoms with Gasteiger partial charge in [-0.05, 0) is 25.1 Å². The van der Waals surface area contributed by atoms with Crippen molar-refractivity contribution < 1.29 is 0 Å². The first-order chi connectivity index (χ1) is 10.3. The van der Waals surface area contributed by atoms with E-state index in [9.17, 15) is 0 Å². The van der Waals surface area contributed by atoms with Crippen LogP contribution in [0.1, 0.15) is 6.42 Å². The van der Waals surface area contributed by atoms with Gasteiger partial charge in [0.05, 0.1) is 0 Å². The monoisotopic (exact) mass is 289 g/mol. The van der Waals surface area contributed by atoms with Crippen LogP contribution in [0, 0.1) is 0 Å². The van der Waals surface area contributed by atoms with Crippen LogP contribution in [0.4, 0.5) is 5.69 Å². The van der Waals surface area contributed by atoms with Crippen LogP contribution in [0.25, 0.3) is 0 Å². The Kier molecular flexibility index (Phi) is 6.34. The molecule has 21 heavy (non-hydrogen) atoms. The molecule has 2 rings (SSSR count). The van der Waals surface area contributed by atoms with E-state index in [1.54, 1.807) is 7.05 Å². The fraction of sp³-hybridized carbons (Fsp3) is 0.562. The predicted molar refractivity (Wildman–Crippen MR) is 90.1 cm³/mol. The summed E-state index contributed by atoms with van der Waals surface area (Å²) in [4.78, 5) is 9.12. The summed E-state index contributed by atoms with van der Waals surface area (Å²) in [6.07, 6.45) is 1.14. The Bertz CT molecular complexity index is 424. The lowest BCUT2D eigenvalue weighted by Crippen LogP contribution is -2.47. The Balaban J connectivity index is 1.63. The number of anilines is 1. The van der Waals surface area contributed by atoms with Crippen molar-refractivity contribution in [3.63, 3.8) is 0 Å². The second-order valence-corrected chi connectivity index (χ2v) is 5.27. The zero-order valence-corrected chi connectivity index (χ0v) is 13.2. The average molecular weight is 289 g/mol. The normalized spacial score (nSPS) is 16.9. The third kappa shape index (κ3) is 4.93. The van der Waals surface area contributed by atoms with Crippen LogP contribution in [0.15, 0.2) is 35.3 Å². The molecule has 0 aromatic heterocycles. The van der Waals surface area contributed by atoms with Gasteiger partial charge in [-0.15, -0.1) is 0 Å². The lowest BCUT2D eigenvalue weighted by Gasteiger charge is -2.36. The van der Waals surface area contributed by atoms with Crippen LogP contribution in [-0.4, -0.2) is 64.2 Å². The summed E-state index contributed by atoms with van der Waals surface area (Å²) < 4.78 is 0. The summed E-state index contributed by atoms with van der Waals surface area (Å²) in [5.74, 6) is 0.865. The molecule has 1 aliphatic rings. The molecule has 0 bridgehead atoms. The van der Waals surface area contributed by atoms with Gasteiger partial charge in [0.2, 0.25) is 0 Å². The van der Waals surface area contributed by atoms with E-state index in [1.165, 1.54) is 5.69 Å². The molecule has 0 amide bonds. The van der Waals surface area contributed by atoms with E-state index in [4.69, 9.17) is 0 Å². The van der Waals surface area contributed by atoms with Gasteiger partial charge in [0.1, 0.15) is 0 Å². The number of hydrogen-bond donors (Lipinski definition) is 2. The topological polar surface area (TPSA) is 42.9 Å². The van der Waals surface area contributed by atoms with Crippen LogP contribution < -0.4 is 15.5 Å². The van der Waals surface area contributed by atoms with E-state index in [1.807, 2.05) is 7.05 Å². The summed E-state index contributed by atoms with van der Waals surface area (Å²) >= 11 is 0. The molecule has 0 saturated carbocycles. The van der Waals surface area contributed by atoms with E-state index < -0.39 is 0 Å². The molecule has 5 nitrogen and oxygen atoms in total. The molecule has 1 aromatic carbocycles. The van der Waals surface area contributed by atoms with Crippen LogP contribution in [0.5, 0.6) is 0 Å².